The number of rotatable bonds is 3. The van der Waals surface area contributed by atoms with Gasteiger partial charge in [-0.1, -0.05) is 34.1 Å². The molecule has 2 rings (SSSR count). The number of hydrogen-bond acceptors (Lipinski definition) is 3. The van der Waals surface area contributed by atoms with Crippen molar-refractivity contribution in [1.29, 1.82) is 5.26 Å². The molecule has 100 valence electrons. The predicted molar refractivity (Wildman–Crippen MR) is 79.5 cm³/mol. The average Bonchev–Trinajstić information content (AvgIpc) is 2.92. The Balaban J connectivity index is 2.35. The monoisotopic (exact) mass is 330 g/mol. The van der Waals surface area contributed by atoms with Crippen LogP contribution in [0.2, 0.25) is 0 Å². The molecule has 0 unspecified atom stereocenters. The number of likely N-dealkylation sites (N-methyl/N-ethyl adjacent to an activating group) is 1. The Kier molecular flexibility index (Phi) is 4.38. The fraction of sp³-hybridized carbons (Fsp3) is 0.0667. The van der Waals surface area contributed by atoms with Crippen LogP contribution in [0, 0.1) is 11.3 Å². The number of amides is 1. The van der Waals surface area contributed by atoms with Gasteiger partial charge in [0.1, 0.15) is 23.2 Å². The highest BCUT2D eigenvalue weighted by Crippen LogP contribution is 2.29. The van der Waals surface area contributed by atoms with Gasteiger partial charge < -0.3 is 9.73 Å². The van der Waals surface area contributed by atoms with E-state index in [0.717, 1.165) is 10.0 Å². The highest BCUT2D eigenvalue weighted by atomic mass is 79.9. The van der Waals surface area contributed by atoms with Crippen LogP contribution in [-0.2, 0) is 4.79 Å². The number of carbonyl (C=O) groups is 1. The molecule has 4 nitrogen and oxygen atoms in total. The van der Waals surface area contributed by atoms with Gasteiger partial charge in [-0.05, 0) is 18.2 Å². The predicted octanol–water partition coefficient (Wildman–Crippen LogP) is 3.36. The van der Waals surface area contributed by atoms with Gasteiger partial charge in [-0.25, -0.2) is 0 Å². The summed E-state index contributed by atoms with van der Waals surface area (Å²) in [4.78, 5) is 11.4. The van der Waals surface area contributed by atoms with Crippen molar-refractivity contribution in [3.63, 3.8) is 0 Å². The van der Waals surface area contributed by atoms with Crippen molar-refractivity contribution in [2.24, 2.45) is 0 Å². The standard InChI is InChI=1S/C15H11BrN2O2/c1-18-15(19)10(9-17)8-11-6-7-14(20-11)12-4-2-3-5-13(12)16/h2-8H,1H3,(H,18,19)/b10-8+. The molecule has 0 spiro atoms. The Bertz CT molecular complexity index is 711. The van der Waals surface area contributed by atoms with E-state index in [1.54, 1.807) is 12.1 Å². The highest BCUT2D eigenvalue weighted by Gasteiger charge is 2.10. The van der Waals surface area contributed by atoms with E-state index in [-0.39, 0.29) is 5.57 Å². The zero-order valence-corrected chi connectivity index (χ0v) is 12.3. The van der Waals surface area contributed by atoms with Gasteiger partial charge in [-0.2, -0.15) is 5.26 Å². The molecule has 5 heteroatoms. The number of carbonyl (C=O) groups excluding carboxylic acids is 1. The van der Waals surface area contributed by atoms with Crippen molar-refractivity contribution in [2.45, 2.75) is 0 Å². The fourth-order valence-corrected chi connectivity index (χ4v) is 2.14. The molecule has 0 saturated heterocycles. The van der Waals surface area contributed by atoms with Gasteiger partial charge in [-0.3, -0.25) is 4.79 Å². The Morgan fingerprint density at radius 2 is 2.10 bits per heavy atom. The van der Waals surface area contributed by atoms with Gasteiger partial charge in [-0.15, -0.1) is 0 Å². The van der Waals surface area contributed by atoms with Crippen LogP contribution in [0.1, 0.15) is 5.76 Å². The summed E-state index contributed by atoms with van der Waals surface area (Å²) in [7, 11) is 1.47. The number of furan rings is 1. The molecule has 0 aliphatic heterocycles. The van der Waals surface area contributed by atoms with Crippen LogP contribution >= 0.6 is 15.9 Å². The molecule has 0 fully saturated rings. The number of halogens is 1. The molecule has 1 aromatic heterocycles. The molecule has 1 aromatic carbocycles. The largest absolute Gasteiger partial charge is 0.457 e. The van der Waals surface area contributed by atoms with Crippen LogP contribution in [-0.4, -0.2) is 13.0 Å². The van der Waals surface area contributed by atoms with Crippen molar-refractivity contribution in [3.8, 4) is 17.4 Å². The molecule has 0 radical (unpaired) electrons. The molecule has 1 amide bonds. The molecule has 1 N–H and O–H groups in total. The van der Waals surface area contributed by atoms with E-state index < -0.39 is 5.91 Å². The quantitative estimate of drug-likeness (QED) is 0.693. The summed E-state index contributed by atoms with van der Waals surface area (Å²) >= 11 is 3.45. The lowest BCUT2D eigenvalue weighted by Gasteiger charge is -1.99. The summed E-state index contributed by atoms with van der Waals surface area (Å²) in [5.41, 5.74) is 0.908. The van der Waals surface area contributed by atoms with Gasteiger partial charge in [0, 0.05) is 23.2 Å². The lowest BCUT2D eigenvalue weighted by atomic mass is 10.2. The number of hydrogen-bond donors (Lipinski definition) is 1. The van der Waals surface area contributed by atoms with E-state index in [2.05, 4.69) is 21.2 Å². The number of benzene rings is 1. The van der Waals surface area contributed by atoms with Crippen LogP contribution in [0.25, 0.3) is 17.4 Å². The SMILES string of the molecule is CNC(=O)/C(C#N)=C/c1ccc(-c2ccccc2Br)o1. The van der Waals surface area contributed by atoms with E-state index in [1.807, 2.05) is 30.3 Å². The van der Waals surface area contributed by atoms with E-state index in [4.69, 9.17) is 9.68 Å². The summed E-state index contributed by atoms with van der Waals surface area (Å²) in [6.45, 7) is 0. The van der Waals surface area contributed by atoms with Crippen LogP contribution in [0.5, 0.6) is 0 Å². The minimum atomic E-state index is -0.439. The summed E-state index contributed by atoms with van der Waals surface area (Å²) < 4.78 is 6.55. The molecule has 0 saturated carbocycles. The van der Waals surface area contributed by atoms with Crippen LogP contribution in [0.4, 0.5) is 0 Å². The topological polar surface area (TPSA) is 66.0 Å². The van der Waals surface area contributed by atoms with Crippen LogP contribution in [0.3, 0.4) is 0 Å². The Labute approximate surface area is 124 Å². The Morgan fingerprint density at radius 3 is 2.75 bits per heavy atom. The number of nitrogens with one attached hydrogen (secondary N) is 1. The minimum absolute atomic E-state index is 0.000488. The first-order valence-electron chi connectivity index (χ1n) is 5.84. The third kappa shape index (κ3) is 2.98. The third-order valence-electron chi connectivity index (χ3n) is 2.64. The Hall–Kier alpha value is -2.32. The van der Waals surface area contributed by atoms with Gasteiger partial charge >= 0.3 is 0 Å². The maximum Gasteiger partial charge on any atom is 0.261 e. The van der Waals surface area contributed by atoms with Gasteiger partial charge in [0.25, 0.3) is 5.91 Å². The summed E-state index contributed by atoms with van der Waals surface area (Å²) in [5, 5.41) is 11.3. The normalized spacial score (nSPS) is 10.9. The summed E-state index contributed by atoms with van der Waals surface area (Å²) in [6, 6.07) is 13.0. The van der Waals surface area contributed by atoms with Crippen LogP contribution < -0.4 is 5.32 Å². The zero-order valence-electron chi connectivity index (χ0n) is 10.7. The summed E-state index contributed by atoms with van der Waals surface area (Å²) in [6.07, 6.45) is 1.42. The van der Waals surface area contributed by atoms with Crippen molar-refractivity contribution in [3.05, 3.63) is 52.2 Å². The first kappa shape index (κ1) is 14.1. The van der Waals surface area contributed by atoms with E-state index in [1.165, 1.54) is 13.1 Å². The molecule has 20 heavy (non-hydrogen) atoms. The second kappa shape index (κ2) is 6.22. The first-order chi connectivity index (χ1) is 9.65. The molecule has 0 aliphatic rings. The molecular weight excluding hydrogens is 320 g/mol. The van der Waals surface area contributed by atoms with E-state index in [0.29, 0.717) is 11.5 Å². The van der Waals surface area contributed by atoms with Gasteiger partial charge in [0.2, 0.25) is 0 Å². The zero-order chi connectivity index (χ0) is 14.5. The highest BCUT2D eigenvalue weighted by molar-refractivity contribution is 9.10. The maximum absolute atomic E-state index is 11.4. The smallest absolute Gasteiger partial charge is 0.261 e. The minimum Gasteiger partial charge on any atom is -0.457 e. The van der Waals surface area contributed by atoms with Crippen molar-refractivity contribution in [2.75, 3.05) is 7.05 Å². The van der Waals surface area contributed by atoms with Crippen molar-refractivity contribution >= 4 is 27.9 Å². The van der Waals surface area contributed by atoms with E-state index >= 15 is 0 Å². The number of nitriles is 1. The molecule has 1 heterocycles. The van der Waals surface area contributed by atoms with Gasteiger partial charge in [0.05, 0.1) is 0 Å². The fourth-order valence-electron chi connectivity index (χ4n) is 1.66. The molecule has 0 atom stereocenters. The van der Waals surface area contributed by atoms with E-state index in [9.17, 15) is 4.79 Å². The first-order valence-corrected chi connectivity index (χ1v) is 6.63. The average molecular weight is 331 g/mol. The third-order valence-corrected chi connectivity index (χ3v) is 3.34. The maximum atomic E-state index is 11.4. The Morgan fingerprint density at radius 1 is 1.35 bits per heavy atom. The lowest BCUT2D eigenvalue weighted by molar-refractivity contribution is -0.116. The second-order valence-corrected chi connectivity index (χ2v) is 4.79. The number of nitrogens with zero attached hydrogens (tertiary/aromatic N) is 1. The molecule has 0 aliphatic carbocycles. The van der Waals surface area contributed by atoms with Crippen molar-refractivity contribution in [1.82, 2.24) is 5.32 Å². The van der Waals surface area contributed by atoms with Crippen LogP contribution in [0.15, 0.2) is 50.9 Å². The lowest BCUT2D eigenvalue weighted by Crippen LogP contribution is -2.18. The molecule has 2 aromatic rings. The van der Waals surface area contributed by atoms with Crippen molar-refractivity contribution < 1.29 is 9.21 Å². The summed E-state index contributed by atoms with van der Waals surface area (Å²) in [5.74, 6) is 0.681. The molecular formula is C15H11BrN2O2. The molecule has 0 bridgehead atoms. The van der Waals surface area contributed by atoms with Gasteiger partial charge in [0.15, 0.2) is 0 Å². The second-order valence-electron chi connectivity index (χ2n) is 3.93.